The molecule has 0 spiro atoms. The molecule has 0 unspecified atom stereocenters. The largest absolute Gasteiger partial charge is 0.231 e. The minimum atomic E-state index is -0.890. The van der Waals surface area contributed by atoms with E-state index < -0.39 is 5.79 Å². The van der Waals surface area contributed by atoms with Crippen molar-refractivity contribution in [3.63, 3.8) is 0 Å². The molecule has 0 bridgehead atoms. The van der Waals surface area contributed by atoms with Crippen LogP contribution in [0.4, 0.5) is 0 Å². The van der Waals surface area contributed by atoms with Gasteiger partial charge in [-0.25, -0.2) is 9.78 Å². The normalized spacial score (nSPS) is 14.0. The minimum Gasteiger partial charge on any atom is -0.228 e. The van der Waals surface area contributed by atoms with Gasteiger partial charge in [0.15, 0.2) is 0 Å². The lowest BCUT2D eigenvalue weighted by molar-refractivity contribution is -0.539. The predicted molar refractivity (Wildman–Crippen MR) is 71.8 cm³/mol. The van der Waals surface area contributed by atoms with Gasteiger partial charge in [0.05, 0.1) is 11.2 Å². The average molecular weight is 262 g/mol. The van der Waals surface area contributed by atoms with Crippen LogP contribution in [-0.4, -0.2) is 17.0 Å². The summed E-state index contributed by atoms with van der Waals surface area (Å²) in [5.74, 6) is -0.890. The Balaban J connectivity index is 4.35. The summed E-state index contributed by atoms with van der Waals surface area (Å²) in [7, 11) is 0. The van der Waals surface area contributed by atoms with E-state index in [1.807, 2.05) is 55.4 Å². The molecule has 0 aliphatic carbocycles. The molecule has 0 saturated carbocycles. The second-order valence-electron chi connectivity index (χ2n) is 6.05. The van der Waals surface area contributed by atoms with E-state index in [2.05, 4.69) is 0 Å². The summed E-state index contributed by atoms with van der Waals surface area (Å²) in [6.07, 6.45) is 2.34. The Morgan fingerprint density at radius 2 is 0.889 bits per heavy atom. The van der Waals surface area contributed by atoms with Gasteiger partial charge in [-0.3, -0.25) is 0 Å². The Morgan fingerprint density at radius 3 is 1.11 bits per heavy atom. The Labute approximate surface area is 112 Å². The van der Waals surface area contributed by atoms with Crippen LogP contribution in [0.2, 0.25) is 0 Å². The molecule has 0 aromatic rings. The van der Waals surface area contributed by atoms with E-state index in [9.17, 15) is 0 Å². The maximum atomic E-state index is 5.43. The average Bonchev–Trinajstić information content (AvgIpc) is 2.34. The van der Waals surface area contributed by atoms with Gasteiger partial charge in [0.1, 0.15) is 0 Å². The predicted octanol–water partition coefficient (Wildman–Crippen LogP) is 4.39. The van der Waals surface area contributed by atoms with E-state index in [4.69, 9.17) is 19.6 Å². The van der Waals surface area contributed by atoms with Crippen molar-refractivity contribution in [3.05, 3.63) is 0 Å². The fourth-order valence-corrected chi connectivity index (χ4v) is 0.651. The molecule has 0 N–H and O–H groups in total. The molecular weight excluding hydrogens is 232 g/mol. The topological polar surface area (TPSA) is 36.9 Å². The van der Waals surface area contributed by atoms with Gasteiger partial charge in [0.25, 0.3) is 0 Å². The zero-order valence-corrected chi connectivity index (χ0v) is 13.3. The Morgan fingerprint density at radius 1 is 0.556 bits per heavy atom. The van der Waals surface area contributed by atoms with Gasteiger partial charge in [0.2, 0.25) is 5.79 Å². The van der Waals surface area contributed by atoms with Crippen molar-refractivity contribution in [1.29, 1.82) is 0 Å². The highest BCUT2D eigenvalue weighted by atomic mass is 17.3. The standard InChI is InChI=1S/C14H30O4/c1-9-12(4,5)15-17-14(8,11-3)18-16-13(6,7)10-2/h9-11H2,1-8H3. The van der Waals surface area contributed by atoms with Gasteiger partial charge in [-0.2, -0.15) is 9.78 Å². The van der Waals surface area contributed by atoms with Crippen molar-refractivity contribution in [2.24, 2.45) is 0 Å². The summed E-state index contributed by atoms with van der Waals surface area (Å²) in [5.41, 5.74) is -0.667. The molecule has 110 valence electrons. The summed E-state index contributed by atoms with van der Waals surface area (Å²) in [4.78, 5) is 21.7. The first-order valence-electron chi connectivity index (χ1n) is 6.83. The Bertz CT molecular complexity index is 216. The summed E-state index contributed by atoms with van der Waals surface area (Å²) in [6.45, 7) is 15.8. The first-order valence-corrected chi connectivity index (χ1v) is 6.83. The van der Waals surface area contributed by atoms with E-state index in [0.717, 1.165) is 12.8 Å². The summed E-state index contributed by atoms with van der Waals surface area (Å²) in [6, 6.07) is 0. The van der Waals surface area contributed by atoms with Gasteiger partial charge in [-0.15, -0.1) is 0 Å². The maximum absolute atomic E-state index is 5.43. The quantitative estimate of drug-likeness (QED) is 0.351. The van der Waals surface area contributed by atoms with Crippen LogP contribution >= 0.6 is 0 Å². The third kappa shape index (κ3) is 6.69. The smallest absolute Gasteiger partial charge is 0.228 e. The second-order valence-corrected chi connectivity index (χ2v) is 6.05. The molecule has 0 fully saturated rings. The highest BCUT2D eigenvalue weighted by molar-refractivity contribution is 4.65. The second kappa shape index (κ2) is 6.85. The molecule has 0 aromatic heterocycles. The van der Waals surface area contributed by atoms with E-state index >= 15 is 0 Å². The minimum absolute atomic E-state index is 0.333. The van der Waals surface area contributed by atoms with Crippen molar-refractivity contribution >= 4 is 0 Å². The SMILES string of the molecule is CCC(C)(C)OOC(C)(CC)OOC(C)(C)CC. The molecule has 4 nitrogen and oxygen atoms in total. The summed E-state index contributed by atoms with van der Waals surface area (Å²) in [5, 5.41) is 0. The van der Waals surface area contributed by atoms with Gasteiger partial charge in [-0.05, 0) is 47.5 Å². The van der Waals surface area contributed by atoms with Crippen molar-refractivity contribution in [1.82, 2.24) is 0 Å². The van der Waals surface area contributed by atoms with Crippen LogP contribution in [0.15, 0.2) is 0 Å². The van der Waals surface area contributed by atoms with Crippen molar-refractivity contribution in [3.8, 4) is 0 Å². The summed E-state index contributed by atoms with van der Waals surface area (Å²) < 4.78 is 0. The van der Waals surface area contributed by atoms with Gasteiger partial charge < -0.3 is 0 Å². The third-order valence-electron chi connectivity index (χ3n) is 3.23. The van der Waals surface area contributed by atoms with Crippen LogP contribution in [-0.2, 0) is 19.6 Å². The van der Waals surface area contributed by atoms with Crippen LogP contribution in [0.1, 0.15) is 74.7 Å². The molecule has 0 saturated heterocycles. The summed E-state index contributed by atoms with van der Waals surface area (Å²) >= 11 is 0. The van der Waals surface area contributed by atoms with E-state index in [1.54, 1.807) is 0 Å². The molecule has 0 aromatic carbocycles. The van der Waals surface area contributed by atoms with E-state index in [1.165, 1.54) is 0 Å². The molecule has 0 aliphatic rings. The molecule has 0 amide bonds. The Hall–Kier alpha value is -0.160. The zero-order chi connectivity index (χ0) is 14.4. The highest BCUT2D eigenvalue weighted by Gasteiger charge is 2.33. The first-order chi connectivity index (χ1) is 8.10. The lowest BCUT2D eigenvalue weighted by Gasteiger charge is -2.33. The van der Waals surface area contributed by atoms with Gasteiger partial charge in [-0.1, -0.05) is 20.8 Å². The number of rotatable bonds is 9. The Kier molecular flexibility index (Phi) is 6.79. The van der Waals surface area contributed by atoms with Crippen molar-refractivity contribution < 1.29 is 19.6 Å². The highest BCUT2D eigenvalue weighted by Crippen LogP contribution is 2.26. The van der Waals surface area contributed by atoms with Crippen LogP contribution in [0.5, 0.6) is 0 Å². The molecule has 0 radical (unpaired) electrons. The molecule has 18 heavy (non-hydrogen) atoms. The van der Waals surface area contributed by atoms with Crippen LogP contribution in [0.3, 0.4) is 0 Å². The molecular formula is C14H30O4. The third-order valence-corrected chi connectivity index (χ3v) is 3.23. The van der Waals surface area contributed by atoms with Crippen LogP contribution < -0.4 is 0 Å². The van der Waals surface area contributed by atoms with Gasteiger partial charge >= 0.3 is 0 Å². The maximum Gasteiger partial charge on any atom is 0.231 e. The molecule has 0 atom stereocenters. The number of hydrogen-bond acceptors (Lipinski definition) is 4. The molecule has 0 rings (SSSR count). The first kappa shape index (κ1) is 17.8. The molecule has 4 heteroatoms. The van der Waals surface area contributed by atoms with Crippen molar-refractivity contribution in [2.45, 2.75) is 91.6 Å². The van der Waals surface area contributed by atoms with Crippen LogP contribution in [0, 0.1) is 0 Å². The number of hydrogen-bond donors (Lipinski definition) is 0. The fourth-order valence-electron chi connectivity index (χ4n) is 0.651. The van der Waals surface area contributed by atoms with Gasteiger partial charge in [0, 0.05) is 6.42 Å². The zero-order valence-electron chi connectivity index (χ0n) is 13.3. The molecule has 0 aliphatic heterocycles. The van der Waals surface area contributed by atoms with E-state index in [-0.39, 0.29) is 11.2 Å². The lowest BCUT2D eigenvalue weighted by Crippen LogP contribution is -2.39. The van der Waals surface area contributed by atoms with Crippen molar-refractivity contribution in [2.75, 3.05) is 0 Å². The van der Waals surface area contributed by atoms with E-state index in [0.29, 0.717) is 6.42 Å². The van der Waals surface area contributed by atoms with Crippen LogP contribution in [0.25, 0.3) is 0 Å². The monoisotopic (exact) mass is 262 g/mol. The molecule has 0 heterocycles. The lowest BCUT2D eigenvalue weighted by atomic mass is 10.1. The fraction of sp³-hybridized carbons (Fsp3) is 1.00.